The van der Waals surface area contributed by atoms with Crippen LogP contribution in [0.15, 0.2) is 127 Å². The van der Waals surface area contributed by atoms with E-state index >= 15 is 0 Å². The normalized spacial score (nSPS) is 10.4. The van der Waals surface area contributed by atoms with Crippen molar-refractivity contribution in [1.29, 1.82) is 0 Å². The maximum absolute atomic E-state index is 14.1. The highest BCUT2D eigenvalue weighted by Gasteiger charge is 2.26. The lowest BCUT2D eigenvalue weighted by molar-refractivity contribution is 0.0465. The Labute approximate surface area is 251 Å². The molecule has 8 nitrogen and oxygen atoms in total. The first-order valence-corrected chi connectivity index (χ1v) is 13.3. The first-order valence-electron chi connectivity index (χ1n) is 13.3. The Hall–Kier alpha value is -6.09. The van der Waals surface area contributed by atoms with Gasteiger partial charge in [-0.2, -0.15) is 0 Å². The predicted octanol–water partition coefficient (Wildman–Crippen LogP) is 6.84. The number of carbonyl (C=O) groups excluding carboxylic acids is 4. The molecule has 0 atom stereocenters. The zero-order chi connectivity index (χ0) is 30.9. The second-order valence-electron chi connectivity index (χ2n) is 9.24. The van der Waals surface area contributed by atoms with Gasteiger partial charge in [0.15, 0.2) is 11.5 Å². The summed E-state index contributed by atoms with van der Waals surface area (Å²) in [5.41, 5.74) is 0.362. The predicted molar refractivity (Wildman–Crippen MR) is 156 cm³/mol. The molecule has 5 rings (SSSR count). The van der Waals surface area contributed by atoms with Crippen LogP contribution in [0, 0.1) is 5.82 Å². The Balaban J connectivity index is 1.57. The molecule has 5 aromatic carbocycles. The molecular formula is C35H23FO8. The van der Waals surface area contributed by atoms with Crippen molar-refractivity contribution in [2.45, 2.75) is 6.61 Å². The first-order chi connectivity index (χ1) is 21.4. The molecular weight excluding hydrogens is 567 g/mol. The molecule has 0 aromatic heterocycles. The van der Waals surface area contributed by atoms with E-state index in [9.17, 15) is 23.6 Å². The van der Waals surface area contributed by atoms with E-state index in [-0.39, 0.29) is 27.8 Å². The summed E-state index contributed by atoms with van der Waals surface area (Å²) in [4.78, 5) is 52.4. The Morgan fingerprint density at radius 1 is 0.477 bits per heavy atom. The minimum atomic E-state index is -0.955. The SMILES string of the molecule is O=C(OCc1ccccc1F)c1cc(OC(=O)c2ccccc2)c(OC(=O)c2ccccc2)c(OC(=O)c2ccccc2)c1. The molecule has 0 aliphatic heterocycles. The summed E-state index contributed by atoms with van der Waals surface area (Å²) in [5, 5.41) is 0. The summed E-state index contributed by atoms with van der Waals surface area (Å²) in [5.74, 6) is -5.31. The Morgan fingerprint density at radius 3 is 1.34 bits per heavy atom. The summed E-state index contributed by atoms with van der Waals surface area (Å²) in [6.45, 7) is -0.408. The molecule has 218 valence electrons. The van der Waals surface area contributed by atoms with Crippen molar-refractivity contribution in [3.63, 3.8) is 0 Å². The van der Waals surface area contributed by atoms with Crippen LogP contribution >= 0.6 is 0 Å². The molecule has 0 N–H and O–H groups in total. The van der Waals surface area contributed by atoms with Crippen molar-refractivity contribution < 1.29 is 42.5 Å². The largest absolute Gasteiger partial charge is 0.457 e. The topological polar surface area (TPSA) is 105 Å². The molecule has 0 heterocycles. The lowest BCUT2D eigenvalue weighted by Gasteiger charge is -2.16. The van der Waals surface area contributed by atoms with Crippen LogP contribution in [0.5, 0.6) is 17.2 Å². The van der Waals surface area contributed by atoms with E-state index < -0.39 is 53.5 Å². The van der Waals surface area contributed by atoms with E-state index in [1.165, 1.54) is 54.6 Å². The van der Waals surface area contributed by atoms with Gasteiger partial charge in [0, 0.05) is 5.56 Å². The fourth-order valence-electron chi connectivity index (χ4n) is 3.98. The van der Waals surface area contributed by atoms with Crippen molar-refractivity contribution in [2.75, 3.05) is 0 Å². The zero-order valence-corrected chi connectivity index (χ0v) is 23.0. The molecule has 0 amide bonds. The van der Waals surface area contributed by atoms with E-state index in [4.69, 9.17) is 18.9 Å². The Morgan fingerprint density at radius 2 is 0.886 bits per heavy atom. The minimum Gasteiger partial charge on any atom is -0.457 e. The van der Waals surface area contributed by atoms with Crippen molar-refractivity contribution in [3.8, 4) is 17.2 Å². The second-order valence-corrected chi connectivity index (χ2v) is 9.24. The number of hydrogen-bond acceptors (Lipinski definition) is 8. The fourth-order valence-corrected chi connectivity index (χ4v) is 3.98. The van der Waals surface area contributed by atoms with Gasteiger partial charge in [0.1, 0.15) is 12.4 Å². The molecule has 0 radical (unpaired) electrons. The van der Waals surface area contributed by atoms with Crippen molar-refractivity contribution in [1.82, 2.24) is 0 Å². The number of rotatable bonds is 9. The molecule has 0 fully saturated rings. The van der Waals surface area contributed by atoms with E-state index in [0.29, 0.717) is 0 Å². The maximum atomic E-state index is 14.1. The molecule has 44 heavy (non-hydrogen) atoms. The number of carbonyl (C=O) groups is 4. The molecule has 0 spiro atoms. The zero-order valence-electron chi connectivity index (χ0n) is 23.0. The lowest BCUT2D eigenvalue weighted by atomic mass is 10.1. The van der Waals surface area contributed by atoms with E-state index in [0.717, 1.165) is 12.1 Å². The summed E-state index contributed by atoms with van der Waals surface area (Å²) < 4.78 is 36.3. The van der Waals surface area contributed by atoms with Gasteiger partial charge >= 0.3 is 23.9 Å². The van der Waals surface area contributed by atoms with Crippen molar-refractivity contribution >= 4 is 23.9 Å². The van der Waals surface area contributed by atoms with Crippen molar-refractivity contribution in [2.24, 2.45) is 0 Å². The molecule has 5 aromatic rings. The van der Waals surface area contributed by atoms with Crippen LogP contribution in [0.2, 0.25) is 0 Å². The average Bonchev–Trinajstić information content (AvgIpc) is 3.06. The average molecular weight is 591 g/mol. The third-order valence-corrected chi connectivity index (χ3v) is 6.20. The van der Waals surface area contributed by atoms with Gasteiger partial charge in [-0.3, -0.25) is 0 Å². The van der Waals surface area contributed by atoms with Crippen LogP contribution < -0.4 is 14.2 Å². The number of benzene rings is 5. The van der Waals surface area contributed by atoms with Gasteiger partial charge in [0.25, 0.3) is 0 Å². The summed E-state index contributed by atoms with van der Waals surface area (Å²) in [6.07, 6.45) is 0. The van der Waals surface area contributed by atoms with E-state index in [1.807, 2.05) is 0 Å². The second kappa shape index (κ2) is 13.7. The highest BCUT2D eigenvalue weighted by Crippen LogP contribution is 2.41. The van der Waals surface area contributed by atoms with Gasteiger partial charge in [0.2, 0.25) is 5.75 Å². The van der Waals surface area contributed by atoms with E-state index in [1.54, 1.807) is 60.7 Å². The summed E-state index contributed by atoms with van der Waals surface area (Å²) >= 11 is 0. The van der Waals surface area contributed by atoms with Gasteiger partial charge in [-0.15, -0.1) is 0 Å². The molecule has 0 aliphatic carbocycles. The minimum absolute atomic E-state index is 0.126. The van der Waals surface area contributed by atoms with Crippen LogP contribution in [0.4, 0.5) is 4.39 Å². The van der Waals surface area contributed by atoms with Gasteiger partial charge in [-0.05, 0) is 54.6 Å². The van der Waals surface area contributed by atoms with Crippen LogP contribution in [0.25, 0.3) is 0 Å². The van der Waals surface area contributed by atoms with E-state index in [2.05, 4.69) is 0 Å². The molecule has 0 bridgehead atoms. The third kappa shape index (κ3) is 7.21. The highest BCUT2D eigenvalue weighted by atomic mass is 19.1. The fraction of sp³-hybridized carbons (Fsp3) is 0.0286. The van der Waals surface area contributed by atoms with Gasteiger partial charge in [-0.25, -0.2) is 23.6 Å². The number of hydrogen-bond donors (Lipinski definition) is 0. The van der Waals surface area contributed by atoms with Crippen LogP contribution in [0.1, 0.15) is 47.0 Å². The Kier molecular flexibility index (Phi) is 9.17. The van der Waals surface area contributed by atoms with Gasteiger partial charge in [0.05, 0.1) is 22.3 Å². The standard InChI is InChI=1S/C35H23FO8/c36-28-19-11-10-18-26(28)22-41-32(37)27-20-29(42-33(38)23-12-4-1-5-13-23)31(44-35(40)25-16-8-3-9-17-25)30(21-27)43-34(39)24-14-6-2-7-15-24/h1-21H,22H2. The molecule has 0 unspecified atom stereocenters. The first kappa shape index (κ1) is 29.4. The monoisotopic (exact) mass is 590 g/mol. The van der Waals surface area contributed by atoms with Crippen LogP contribution in [-0.2, 0) is 11.3 Å². The number of ether oxygens (including phenoxy) is 4. The molecule has 0 saturated carbocycles. The molecule has 0 saturated heterocycles. The van der Waals surface area contributed by atoms with Crippen LogP contribution in [0.3, 0.4) is 0 Å². The maximum Gasteiger partial charge on any atom is 0.343 e. The van der Waals surface area contributed by atoms with Gasteiger partial charge < -0.3 is 18.9 Å². The smallest absolute Gasteiger partial charge is 0.343 e. The summed E-state index contributed by atoms with van der Waals surface area (Å²) in [6, 6.07) is 31.8. The number of halogens is 1. The highest BCUT2D eigenvalue weighted by molar-refractivity contribution is 5.97. The Bertz CT molecular complexity index is 1730. The quantitative estimate of drug-likeness (QED) is 0.136. The van der Waals surface area contributed by atoms with Crippen LogP contribution in [-0.4, -0.2) is 23.9 Å². The third-order valence-electron chi connectivity index (χ3n) is 6.20. The molecule has 9 heteroatoms. The molecule has 0 aliphatic rings. The summed E-state index contributed by atoms with van der Waals surface area (Å²) in [7, 11) is 0. The van der Waals surface area contributed by atoms with Gasteiger partial charge in [-0.1, -0.05) is 72.8 Å². The van der Waals surface area contributed by atoms with Crippen molar-refractivity contribution in [3.05, 3.63) is 161 Å². The number of esters is 4. The lowest BCUT2D eigenvalue weighted by Crippen LogP contribution is -2.16.